The molecule has 0 saturated carbocycles. The van der Waals surface area contributed by atoms with Gasteiger partial charge in [-0.15, -0.1) is 0 Å². The molecule has 1 aliphatic heterocycles. The Morgan fingerprint density at radius 1 is 1.19 bits per heavy atom. The number of benzene rings is 1. The molecule has 0 bridgehead atoms. The first-order valence-corrected chi connectivity index (χ1v) is 7.71. The lowest BCUT2D eigenvalue weighted by Crippen LogP contribution is -2.31. The minimum absolute atomic E-state index is 0.0125. The average Bonchev–Trinajstić information content (AvgIpc) is 3.14. The van der Waals surface area contributed by atoms with E-state index in [9.17, 15) is 27.2 Å². The maximum absolute atomic E-state index is 13.8. The van der Waals surface area contributed by atoms with Crippen LogP contribution in [-0.2, 0) is 17.5 Å². The molecule has 6 nitrogen and oxygen atoms in total. The smallest absolute Gasteiger partial charge is 0.337 e. The van der Waals surface area contributed by atoms with Gasteiger partial charge in [-0.1, -0.05) is 6.07 Å². The van der Waals surface area contributed by atoms with Crippen LogP contribution < -0.4 is 5.32 Å². The van der Waals surface area contributed by atoms with E-state index in [0.29, 0.717) is 25.1 Å². The highest BCUT2D eigenvalue weighted by Crippen LogP contribution is 2.34. The standard InChI is InChI=1S/C16H14F4N4O2/c17-12-8-10(2-3-11(12)16(18,19)20)13-14(25)22-15(26)24(13)6-1-5-23-7-4-21-9-23/h2-4,7-9,13H,1,5-6H2,(H,22,25,26). The van der Waals surface area contributed by atoms with Crippen molar-refractivity contribution in [1.29, 1.82) is 0 Å². The minimum atomic E-state index is -4.83. The number of aromatic nitrogens is 2. The second kappa shape index (κ2) is 6.77. The Morgan fingerprint density at radius 3 is 2.58 bits per heavy atom. The fourth-order valence-electron chi connectivity index (χ4n) is 2.84. The lowest BCUT2D eigenvalue weighted by Gasteiger charge is -2.22. The third-order valence-electron chi connectivity index (χ3n) is 4.04. The number of nitrogens with zero attached hydrogens (tertiary/aromatic N) is 3. The molecule has 0 spiro atoms. The van der Waals surface area contributed by atoms with Gasteiger partial charge in [-0.05, 0) is 24.1 Å². The first-order valence-electron chi connectivity index (χ1n) is 7.71. The van der Waals surface area contributed by atoms with Gasteiger partial charge in [-0.3, -0.25) is 10.1 Å². The van der Waals surface area contributed by atoms with Crippen LogP contribution in [0.5, 0.6) is 0 Å². The van der Waals surface area contributed by atoms with Gasteiger partial charge in [0, 0.05) is 25.5 Å². The fraction of sp³-hybridized carbons (Fsp3) is 0.312. The molecule has 2 aromatic rings. The third-order valence-corrected chi connectivity index (χ3v) is 4.04. The number of carbonyl (C=O) groups is 2. The summed E-state index contributed by atoms with van der Waals surface area (Å²) < 4.78 is 53.7. The van der Waals surface area contributed by atoms with Crippen molar-refractivity contribution in [3.05, 3.63) is 53.9 Å². The Kier molecular flexibility index (Phi) is 4.66. The van der Waals surface area contributed by atoms with Crippen LogP contribution in [-0.4, -0.2) is 32.9 Å². The number of aryl methyl sites for hydroxylation is 1. The largest absolute Gasteiger partial charge is 0.419 e. The molecule has 0 radical (unpaired) electrons. The van der Waals surface area contributed by atoms with Crippen LogP contribution >= 0.6 is 0 Å². The number of halogens is 4. The van der Waals surface area contributed by atoms with E-state index in [4.69, 9.17) is 0 Å². The van der Waals surface area contributed by atoms with Gasteiger partial charge in [0.2, 0.25) is 0 Å². The van der Waals surface area contributed by atoms with Gasteiger partial charge in [-0.25, -0.2) is 14.2 Å². The van der Waals surface area contributed by atoms with Gasteiger partial charge in [0.1, 0.15) is 11.9 Å². The average molecular weight is 370 g/mol. The molecule has 2 heterocycles. The molecule has 1 unspecified atom stereocenters. The normalized spacial score (nSPS) is 17.7. The van der Waals surface area contributed by atoms with E-state index in [0.717, 1.165) is 6.07 Å². The Morgan fingerprint density at radius 2 is 1.96 bits per heavy atom. The van der Waals surface area contributed by atoms with Gasteiger partial charge in [0.15, 0.2) is 0 Å². The van der Waals surface area contributed by atoms with Crippen LogP contribution in [0.1, 0.15) is 23.6 Å². The van der Waals surface area contributed by atoms with Crippen molar-refractivity contribution in [1.82, 2.24) is 19.8 Å². The molecule has 1 aromatic carbocycles. The molecule has 3 amide bonds. The summed E-state index contributed by atoms with van der Waals surface area (Å²) >= 11 is 0. The number of rotatable bonds is 5. The summed E-state index contributed by atoms with van der Waals surface area (Å²) in [6.45, 7) is 0.703. The van der Waals surface area contributed by atoms with Crippen molar-refractivity contribution in [3.8, 4) is 0 Å². The first kappa shape index (κ1) is 17.9. The predicted octanol–water partition coefficient (Wildman–Crippen LogP) is 2.72. The zero-order valence-corrected chi connectivity index (χ0v) is 13.3. The SMILES string of the molecule is O=C1NC(=O)N(CCCn2ccnc2)C1c1ccc(C(F)(F)F)c(F)c1. The van der Waals surface area contributed by atoms with Gasteiger partial charge in [0.05, 0.1) is 11.9 Å². The van der Waals surface area contributed by atoms with E-state index < -0.39 is 35.5 Å². The quantitative estimate of drug-likeness (QED) is 0.650. The molecule has 1 saturated heterocycles. The zero-order valence-electron chi connectivity index (χ0n) is 13.3. The molecule has 1 aromatic heterocycles. The van der Waals surface area contributed by atoms with E-state index in [-0.39, 0.29) is 12.1 Å². The molecular weight excluding hydrogens is 356 g/mol. The Labute approximate surface area is 145 Å². The van der Waals surface area contributed by atoms with Crippen molar-refractivity contribution in [3.63, 3.8) is 0 Å². The van der Waals surface area contributed by atoms with E-state index in [1.807, 2.05) is 0 Å². The molecule has 26 heavy (non-hydrogen) atoms. The van der Waals surface area contributed by atoms with E-state index in [2.05, 4.69) is 10.3 Å². The van der Waals surface area contributed by atoms with E-state index in [1.165, 1.54) is 4.90 Å². The monoisotopic (exact) mass is 370 g/mol. The first-order chi connectivity index (χ1) is 12.3. The number of urea groups is 1. The molecule has 138 valence electrons. The minimum Gasteiger partial charge on any atom is -0.337 e. The maximum Gasteiger partial charge on any atom is 0.419 e. The second-order valence-corrected chi connectivity index (χ2v) is 5.78. The number of alkyl halides is 3. The van der Waals surface area contributed by atoms with E-state index in [1.54, 1.807) is 23.3 Å². The van der Waals surface area contributed by atoms with Crippen molar-refractivity contribution in [2.24, 2.45) is 0 Å². The van der Waals surface area contributed by atoms with Crippen LogP contribution in [0, 0.1) is 5.82 Å². The highest BCUT2D eigenvalue weighted by molar-refractivity contribution is 6.04. The van der Waals surface area contributed by atoms with Crippen LogP contribution in [0.25, 0.3) is 0 Å². The van der Waals surface area contributed by atoms with Crippen LogP contribution in [0.4, 0.5) is 22.4 Å². The molecule has 0 aliphatic carbocycles. The predicted molar refractivity (Wildman–Crippen MR) is 81.2 cm³/mol. The molecule has 1 atom stereocenters. The van der Waals surface area contributed by atoms with Crippen molar-refractivity contribution in [2.75, 3.05) is 6.54 Å². The highest BCUT2D eigenvalue weighted by atomic mass is 19.4. The van der Waals surface area contributed by atoms with E-state index >= 15 is 0 Å². The second-order valence-electron chi connectivity index (χ2n) is 5.78. The zero-order chi connectivity index (χ0) is 18.9. The number of amides is 3. The summed E-state index contributed by atoms with van der Waals surface area (Å²) in [7, 11) is 0. The number of carbonyl (C=O) groups excluding carboxylic acids is 2. The number of imidazole rings is 1. The molecule has 1 fully saturated rings. The van der Waals surface area contributed by atoms with Crippen LogP contribution in [0.15, 0.2) is 36.9 Å². The van der Waals surface area contributed by atoms with Gasteiger partial charge < -0.3 is 9.47 Å². The van der Waals surface area contributed by atoms with Crippen LogP contribution in [0.3, 0.4) is 0 Å². The van der Waals surface area contributed by atoms with Gasteiger partial charge in [0.25, 0.3) is 5.91 Å². The summed E-state index contributed by atoms with van der Waals surface area (Å²) in [5.41, 5.74) is -1.43. The summed E-state index contributed by atoms with van der Waals surface area (Å²) in [5.74, 6) is -2.18. The van der Waals surface area contributed by atoms with Gasteiger partial charge in [-0.2, -0.15) is 13.2 Å². The number of hydrogen-bond acceptors (Lipinski definition) is 3. The number of imide groups is 1. The molecular formula is C16H14F4N4O2. The number of nitrogens with one attached hydrogen (secondary N) is 1. The van der Waals surface area contributed by atoms with Crippen molar-refractivity contribution >= 4 is 11.9 Å². The lowest BCUT2D eigenvalue weighted by atomic mass is 10.0. The summed E-state index contributed by atoms with van der Waals surface area (Å²) in [6.07, 6.45) is 0.577. The topological polar surface area (TPSA) is 67.2 Å². The van der Waals surface area contributed by atoms with Crippen LogP contribution in [0.2, 0.25) is 0 Å². The molecule has 1 aliphatic rings. The highest BCUT2D eigenvalue weighted by Gasteiger charge is 2.40. The number of hydrogen-bond donors (Lipinski definition) is 1. The fourth-order valence-corrected chi connectivity index (χ4v) is 2.84. The summed E-state index contributed by atoms with van der Waals surface area (Å²) in [6, 6.07) is 0.407. The molecule has 1 N–H and O–H groups in total. The lowest BCUT2D eigenvalue weighted by molar-refractivity contribution is -0.140. The Bertz CT molecular complexity index is 820. The summed E-state index contributed by atoms with van der Waals surface area (Å²) in [4.78, 5) is 29.1. The van der Waals surface area contributed by atoms with Gasteiger partial charge >= 0.3 is 12.2 Å². The Balaban J connectivity index is 1.78. The molecule has 10 heteroatoms. The summed E-state index contributed by atoms with van der Waals surface area (Å²) in [5, 5.41) is 2.11. The Hall–Kier alpha value is -2.91. The van der Waals surface area contributed by atoms with Crippen molar-refractivity contribution < 1.29 is 27.2 Å². The van der Waals surface area contributed by atoms with Crippen molar-refractivity contribution in [2.45, 2.75) is 25.2 Å². The third kappa shape index (κ3) is 3.53. The maximum atomic E-state index is 13.8. The molecule has 3 rings (SSSR count).